The van der Waals surface area contributed by atoms with Crippen LogP contribution >= 0.6 is 23.7 Å². The molecule has 1 rings (SSSR count). The third-order valence-corrected chi connectivity index (χ3v) is 2.79. The third-order valence-electron chi connectivity index (χ3n) is 1.06. The molecule has 0 unspecified atom stereocenters. The van der Waals surface area contributed by atoms with Crippen molar-refractivity contribution >= 4 is 23.7 Å². The van der Waals surface area contributed by atoms with Crippen molar-refractivity contribution in [2.24, 2.45) is 0 Å². The summed E-state index contributed by atoms with van der Waals surface area (Å²) in [7, 11) is 2.07. The van der Waals surface area contributed by atoms with Gasteiger partial charge in [0.1, 0.15) is 0 Å². The lowest BCUT2D eigenvalue weighted by Crippen LogP contribution is -2.05. The van der Waals surface area contributed by atoms with Crippen LogP contribution in [0.5, 0.6) is 0 Å². The van der Waals surface area contributed by atoms with Crippen molar-refractivity contribution < 1.29 is 0 Å². The SMILES string of the molecule is CSC1=CC=CSN1C. The fourth-order valence-electron chi connectivity index (χ4n) is 0.602. The quantitative estimate of drug-likeness (QED) is 0.540. The minimum Gasteiger partial charge on any atom is -0.310 e. The first-order valence-corrected chi connectivity index (χ1v) is 4.72. The van der Waals surface area contributed by atoms with Crippen LogP contribution in [0.1, 0.15) is 0 Å². The normalized spacial score (nSPS) is 18.0. The molecule has 0 aromatic heterocycles. The van der Waals surface area contributed by atoms with E-state index in [1.807, 2.05) is 0 Å². The van der Waals surface area contributed by atoms with Crippen LogP contribution in [-0.4, -0.2) is 17.6 Å². The van der Waals surface area contributed by atoms with Gasteiger partial charge in [0, 0.05) is 7.05 Å². The molecule has 0 spiro atoms. The molecule has 0 fully saturated rings. The van der Waals surface area contributed by atoms with Crippen molar-refractivity contribution in [1.82, 2.24) is 4.31 Å². The third kappa shape index (κ3) is 1.69. The summed E-state index contributed by atoms with van der Waals surface area (Å²) in [5.41, 5.74) is 0. The lowest BCUT2D eigenvalue weighted by Gasteiger charge is -2.19. The van der Waals surface area contributed by atoms with Crippen molar-refractivity contribution in [2.75, 3.05) is 13.3 Å². The summed E-state index contributed by atoms with van der Waals surface area (Å²) in [5.74, 6) is 0. The molecule has 3 heteroatoms. The van der Waals surface area contributed by atoms with Crippen molar-refractivity contribution in [1.29, 1.82) is 0 Å². The number of thioether (sulfide) groups is 1. The fraction of sp³-hybridized carbons (Fsp3) is 0.333. The van der Waals surface area contributed by atoms with Crippen LogP contribution in [0.25, 0.3) is 0 Å². The molecular formula is C6H9NS2. The van der Waals surface area contributed by atoms with Crippen LogP contribution in [-0.2, 0) is 0 Å². The number of hydrogen-bond donors (Lipinski definition) is 0. The second kappa shape index (κ2) is 3.22. The summed E-state index contributed by atoms with van der Waals surface area (Å²) in [6, 6.07) is 0. The number of hydrogen-bond acceptors (Lipinski definition) is 3. The van der Waals surface area contributed by atoms with Crippen LogP contribution in [0, 0.1) is 0 Å². The Kier molecular flexibility index (Phi) is 2.54. The molecule has 1 aliphatic heterocycles. The van der Waals surface area contributed by atoms with E-state index < -0.39 is 0 Å². The van der Waals surface area contributed by atoms with Crippen molar-refractivity contribution in [3.63, 3.8) is 0 Å². The number of allylic oxidation sites excluding steroid dienone is 2. The second-order valence-corrected chi connectivity index (χ2v) is 3.50. The smallest absolute Gasteiger partial charge is 0.0804 e. The molecule has 50 valence electrons. The predicted octanol–water partition coefficient (Wildman–Crippen LogP) is 2.30. The maximum absolute atomic E-state index is 2.14. The summed E-state index contributed by atoms with van der Waals surface area (Å²) in [6.45, 7) is 0. The Hall–Kier alpha value is -0.0200. The monoisotopic (exact) mass is 159 g/mol. The van der Waals surface area contributed by atoms with Gasteiger partial charge in [-0.2, -0.15) is 0 Å². The molecule has 1 nitrogen and oxygen atoms in total. The van der Waals surface area contributed by atoms with Gasteiger partial charge in [-0.15, -0.1) is 11.8 Å². The zero-order chi connectivity index (χ0) is 6.69. The maximum Gasteiger partial charge on any atom is 0.0804 e. The molecule has 0 aromatic rings. The molecule has 1 aliphatic rings. The molecule has 0 atom stereocenters. The molecule has 9 heavy (non-hydrogen) atoms. The van der Waals surface area contributed by atoms with E-state index in [2.05, 4.69) is 35.2 Å². The van der Waals surface area contributed by atoms with Crippen LogP contribution < -0.4 is 0 Å². The van der Waals surface area contributed by atoms with Crippen LogP contribution in [0.2, 0.25) is 0 Å². The molecule has 0 amide bonds. The second-order valence-electron chi connectivity index (χ2n) is 1.64. The molecular weight excluding hydrogens is 150 g/mol. The highest BCUT2D eigenvalue weighted by molar-refractivity contribution is 8.05. The summed E-state index contributed by atoms with van der Waals surface area (Å²) < 4.78 is 2.14. The van der Waals surface area contributed by atoms with E-state index in [9.17, 15) is 0 Å². The Morgan fingerprint density at radius 1 is 1.67 bits per heavy atom. The highest BCUT2D eigenvalue weighted by atomic mass is 32.2. The first-order valence-electron chi connectivity index (χ1n) is 2.66. The first-order chi connectivity index (χ1) is 4.34. The Bertz CT molecular complexity index is 151. The van der Waals surface area contributed by atoms with E-state index in [-0.39, 0.29) is 0 Å². The van der Waals surface area contributed by atoms with Gasteiger partial charge in [0.25, 0.3) is 0 Å². The van der Waals surface area contributed by atoms with E-state index in [1.165, 1.54) is 5.03 Å². The fourth-order valence-corrected chi connectivity index (χ4v) is 1.92. The molecule has 0 bridgehead atoms. The van der Waals surface area contributed by atoms with Gasteiger partial charge in [-0.05, 0) is 29.7 Å². The zero-order valence-corrected chi connectivity index (χ0v) is 7.13. The van der Waals surface area contributed by atoms with Gasteiger partial charge in [-0.1, -0.05) is 6.08 Å². The number of nitrogens with zero attached hydrogens (tertiary/aromatic N) is 1. The molecule has 0 saturated carbocycles. The van der Waals surface area contributed by atoms with Gasteiger partial charge in [-0.25, -0.2) is 0 Å². The lowest BCUT2D eigenvalue weighted by molar-refractivity contribution is 0.760. The zero-order valence-electron chi connectivity index (χ0n) is 5.50. The Balaban J connectivity index is 2.63. The molecule has 1 heterocycles. The van der Waals surface area contributed by atoms with Gasteiger partial charge in [-0.3, -0.25) is 0 Å². The van der Waals surface area contributed by atoms with Crippen LogP contribution in [0.4, 0.5) is 0 Å². The average Bonchev–Trinajstić information content (AvgIpc) is 1.89. The minimum absolute atomic E-state index is 1.31. The average molecular weight is 159 g/mol. The first kappa shape index (κ1) is 7.09. The highest BCUT2D eigenvalue weighted by Gasteiger charge is 2.02. The van der Waals surface area contributed by atoms with Gasteiger partial charge in [0.15, 0.2) is 0 Å². The number of rotatable bonds is 1. The van der Waals surface area contributed by atoms with Crippen LogP contribution in [0.3, 0.4) is 0 Å². The molecule has 0 saturated heterocycles. The molecule has 0 radical (unpaired) electrons. The van der Waals surface area contributed by atoms with Crippen LogP contribution in [0.15, 0.2) is 22.6 Å². The minimum atomic E-state index is 1.31. The Morgan fingerprint density at radius 2 is 2.44 bits per heavy atom. The summed E-state index contributed by atoms with van der Waals surface area (Å²) in [5, 5.41) is 3.38. The van der Waals surface area contributed by atoms with E-state index >= 15 is 0 Å². The standard InChI is InChI=1S/C6H9NS2/c1-7-6(8-2)4-3-5-9-7/h3-5H,1-2H3. The Morgan fingerprint density at radius 3 is 2.89 bits per heavy atom. The lowest BCUT2D eigenvalue weighted by atomic mass is 10.6. The van der Waals surface area contributed by atoms with E-state index in [0.717, 1.165) is 0 Å². The van der Waals surface area contributed by atoms with E-state index in [1.54, 1.807) is 23.7 Å². The molecule has 0 aliphatic carbocycles. The summed E-state index contributed by atoms with van der Waals surface area (Å²) >= 11 is 3.48. The molecule has 0 N–H and O–H groups in total. The maximum atomic E-state index is 2.14. The van der Waals surface area contributed by atoms with Gasteiger partial charge in [0.2, 0.25) is 0 Å². The Labute approximate surface area is 64.3 Å². The predicted molar refractivity (Wildman–Crippen MR) is 46.1 cm³/mol. The largest absolute Gasteiger partial charge is 0.310 e. The highest BCUT2D eigenvalue weighted by Crippen LogP contribution is 2.26. The van der Waals surface area contributed by atoms with E-state index in [4.69, 9.17) is 0 Å². The van der Waals surface area contributed by atoms with Gasteiger partial charge in [0.05, 0.1) is 5.03 Å². The van der Waals surface area contributed by atoms with Crippen molar-refractivity contribution in [3.8, 4) is 0 Å². The van der Waals surface area contributed by atoms with Gasteiger partial charge < -0.3 is 4.31 Å². The molecule has 0 aromatic carbocycles. The van der Waals surface area contributed by atoms with Crippen molar-refractivity contribution in [3.05, 3.63) is 22.6 Å². The van der Waals surface area contributed by atoms with Crippen molar-refractivity contribution in [2.45, 2.75) is 0 Å². The van der Waals surface area contributed by atoms with E-state index in [0.29, 0.717) is 0 Å². The summed E-state index contributed by atoms with van der Waals surface area (Å²) in [6.07, 6.45) is 6.26. The topological polar surface area (TPSA) is 3.24 Å². The summed E-state index contributed by atoms with van der Waals surface area (Å²) in [4.78, 5) is 0. The van der Waals surface area contributed by atoms with Gasteiger partial charge >= 0.3 is 0 Å².